The van der Waals surface area contributed by atoms with Crippen molar-refractivity contribution >= 4 is 23.1 Å². The number of rotatable bonds is 5. The molecule has 3 aromatic rings. The van der Waals surface area contributed by atoms with Crippen molar-refractivity contribution < 1.29 is 37.0 Å². The van der Waals surface area contributed by atoms with Gasteiger partial charge in [0.25, 0.3) is 0 Å². The maximum absolute atomic E-state index is 14.1. The van der Waals surface area contributed by atoms with E-state index in [0.717, 1.165) is 5.56 Å². The van der Waals surface area contributed by atoms with Gasteiger partial charge in [0.2, 0.25) is 0 Å². The number of nitrogens with one attached hydrogen (secondary N) is 1. The molecular weight excluding hydrogens is 525 g/mol. The molecule has 3 aromatic carbocycles. The lowest BCUT2D eigenvalue weighted by Crippen LogP contribution is -2.45. The SMILES string of the molecule is COc1ccc([C@@H]2CC(=O)C3=C(C2)Nc2ccccc2N(C(=O)C(F)(F)F)[C@H]3c2ccc(OC)c(OC)c2)cc1. The van der Waals surface area contributed by atoms with Gasteiger partial charge in [-0.2, -0.15) is 13.2 Å². The average Bonchev–Trinajstić information content (AvgIpc) is 3.10. The van der Waals surface area contributed by atoms with E-state index < -0.39 is 18.1 Å². The topological polar surface area (TPSA) is 77.1 Å². The summed E-state index contributed by atoms with van der Waals surface area (Å²) in [7, 11) is 4.40. The van der Waals surface area contributed by atoms with Crippen molar-refractivity contribution in [3.8, 4) is 17.2 Å². The maximum atomic E-state index is 14.1. The van der Waals surface area contributed by atoms with Gasteiger partial charge in [0.15, 0.2) is 17.3 Å². The Kier molecular flexibility index (Phi) is 7.18. The Hall–Kier alpha value is -4.47. The van der Waals surface area contributed by atoms with Gasteiger partial charge in [0.05, 0.1) is 38.7 Å². The molecule has 1 heterocycles. The van der Waals surface area contributed by atoms with E-state index in [1.165, 1.54) is 26.4 Å². The molecule has 0 fully saturated rings. The highest BCUT2D eigenvalue weighted by atomic mass is 19.4. The normalized spacial score (nSPS) is 18.8. The van der Waals surface area contributed by atoms with Crippen LogP contribution in [0.4, 0.5) is 24.5 Å². The third-order valence-corrected chi connectivity index (χ3v) is 7.26. The Morgan fingerprint density at radius 1 is 0.875 bits per heavy atom. The van der Waals surface area contributed by atoms with Crippen molar-refractivity contribution in [1.29, 1.82) is 0 Å². The van der Waals surface area contributed by atoms with Crippen LogP contribution in [0.3, 0.4) is 0 Å². The Morgan fingerprint density at radius 2 is 1.55 bits per heavy atom. The molecule has 0 aromatic heterocycles. The summed E-state index contributed by atoms with van der Waals surface area (Å²) in [4.78, 5) is 27.7. The quantitative estimate of drug-likeness (QED) is 0.408. The van der Waals surface area contributed by atoms with Crippen molar-refractivity contribution in [2.45, 2.75) is 31.0 Å². The van der Waals surface area contributed by atoms with Gasteiger partial charge in [0, 0.05) is 17.7 Å². The van der Waals surface area contributed by atoms with Gasteiger partial charge < -0.3 is 19.5 Å². The van der Waals surface area contributed by atoms with Crippen LogP contribution in [0, 0.1) is 0 Å². The number of methoxy groups -OCH3 is 3. The van der Waals surface area contributed by atoms with Crippen LogP contribution in [0.15, 0.2) is 78.0 Å². The van der Waals surface area contributed by atoms with Crippen molar-refractivity contribution in [3.63, 3.8) is 0 Å². The molecule has 2 aliphatic rings. The standard InChI is InChI=1S/C30H27F3N2O5/c1-38-20-11-8-17(9-12-20)19-14-22-27(24(36)15-19)28(18-10-13-25(39-2)26(16-18)40-3)35(29(37)30(31,32)33)23-7-5-4-6-21(23)34-22/h4-13,16,19,28,34H,14-15H2,1-3H3/t19-,28-/m0/s1. The highest BCUT2D eigenvalue weighted by Gasteiger charge is 2.50. The summed E-state index contributed by atoms with van der Waals surface area (Å²) in [5, 5.41) is 3.22. The largest absolute Gasteiger partial charge is 0.497 e. The Morgan fingerprint density at radius 3 is 2.20 bits per heavy atom. The van der Waals surface area contributed by atoms with Gasteiger partial charge in [-0.3, -0.25) is 14.5 Å². The van der Waals surface area contributed by atoms with Gasteiger partial charge in [0.1, 0.15) is 5.75 Å². The summed E-state index contributed by atoms with van der Waals surface area (Å²) in [5.74, 6) is -1.39. The van der Waals surface area contributed by atoms with E-state index in [9.17, 15) is 22.8 Å². The van der Waals surface area contributed by atoms with Crippen LogP contribution in [-0.2, 0) is 9.59 Å². The minimum absolute atomic E-state index is 0.00723. The number of hydrogen-bond acceptors (Lipinski definition) is 6. The molecule has 10 heteroatoms. The minimum atomic E-state index is -5.20. The second kappa shape index (κ2) is 10.6. The Bertz CT molecular complexity index is 1480. The monoisotopic (exact) mass is 552 g/mol. The first-order valence-electron chi connectivity index (χ1n) is 12.5. The molecule has 0 spiro atoms. The molecule has 0 saturated carbocycles. The summed E-state index contributed by atoms with van der Waals surface area (Å²) in [6.07, 6.45) is -4.79. The number of ketones is 1. The number of Topliss-reactive ketones (excluding diaryl/α,β-unsaturated/α-hetero) is 1. The fourth-order valence-corrected chi connectivity index (χ4v) is 5.40. The number of para-hydroxylation sites is 2. The van der Waals surface area contributed by atoms with Gasteiger partial charge >= 0.3 is 12.1 Å². The molecule has 0 bridgehead atoms. The number of amides is 1. The molecule has 1 N–H and O–H groups in total. The van der Waals surface area contributed by atoms with Gasteiger partial charge in [-0.1, -0.05) is 30.3 Å². The van der Waals surface area contributed by atoms with E-state index in [2.05, 4.69) is 5.32 Å². The first-order chi connectivity index (χ1) is 19.2. The molecule has 1 amide bonds. The third-order valence-electron chi connectivity index (χ3n) is 7.26. The predicted octanol–water partition coefficient (Wildman–Crippen LogP) is 6.18. The molecule has 0 saturated heterocycles. The zero-order chi connectivity index (χ0) is 28.6. The molecule has 7 nitrogen and oxygen atoms in total. The predicted molar refractivity (Wildman–Crippen MR) is 143 cm³/mol. The number of allylic oxidation sites excluding steroid dienone is 1. The summed E-state index contributed by atoms with van der Waals surface area (Å²) < 4.78 is 58.3. The number of nitrogens with zero attached hydrogens (tertiary/aromatic N) is 1. The summed E-state index contributed by atoms with van der Waals surface area (Å²) >= 11 is 0. The maximum Gasteiger partial charge on any atom is 0.471 e. The number of halogens is 3. The molecule has 0 radical (unpaired) electrons. The highest BCUT2D eigenvalue weighted by Crippen LogP contribution is 2.49. The summed E-state index contributed by atoms with van der Waals surface area (Å²) in [6, 6.07) is 16.8. The fraction of sp³-hybridized carbons (Fsp3) is 0.267. The molecule has 5 rings (SSSR count). The number of anilines is 2. The molecular formula is C30H27F3N2O5. The van der Waals surface area contributed by atoms with Crippen LogP contribution in [0.25, 0.3) is 0 Å². The van der Waals surface area contributed by atoms with Crippen molar-refractivity contribution in [2.24, 2.45) is 0 Å². The van der Waals surface area contributed by atoms with Crippen molar-refractivity contribution in [2.75, 3.05) is 31.5 Å². The highest BCUT2D eigenvalue weighted by molar-refractivity contribution is 6.07. The lowest BCUT2D eigenvalue weighted by molar-refractivity contribution is -0.170. The van der Waals surface area contributed by atoms with E-state index in [1.54, 1.807) is 49.6 Å². The number of hydrogen-bond donors (Lipinski definition) is 1. The first kappa shape index (κ1) is 27.1. The van der Waals surface area contributed by atoms with E-state index >= 15 is 0 Å². The van der Waals surface area contributed by atoms with Crippen LogP contribution in [0.5, 0.6) is 17.2 Å². The van der Waals surface area contributed by atoms with E-state index in [-0.39, 0.29) is 40.7 Å². The number of fused-ring (bicyclic) bond motifs is 1. The smallest absolute Gasteiger partial charge is 0.471 e. The fourth-order valence-electron chi connectivity index (χ4n) is 5.40. The number of alkyl halides is 3. The zero-order valence-electron chi connectivity index (χ0n) is 22.0. The van der Waals surface area contributed by atoms with Gasteiger partial charge in [-0.05, 0) is 59.9 Å². The lowest BCUT2D eigenvalue weighted by atomic mass is 9.78. The van der Waals surface area contributed by atoms with Gasteiger partial charge in [-0.25, -0.2) is 0 Å². The third kappa shape index (κ3) is 4.85. The zero-order valence-corrected chi connectivity index (χ0v) is 22.0. The van der Waals surface area contributed by atoms with E-state index in [1.807, 2.05) is 12.1 Å². The Balaban J connectivity index is 1.72. The number of carbonyl (C=O) groups excluding carboxylic acids is 2. The second-order valence-electron chi connectivity index (χ2n) is 9.53. The van der Waals surface area contributed by atoms with Crippen LogP contribution >= 0.6 is 0 Å². The summed E-state index contributed by atoms with van der Waals surface area (Å²) in [6.45, 7) is 0. The van der Waals surface area contributed by atoms with Crippen LogP contribution in [-0.4, -0.2) is 39.2 Å². The van der Waals surface area contributed by atoms with E-state index in [0.29, 0.717) is 34.2 Å². The molecule has 1 aliphatic heterocycles. The number of ether oxygens (including phenoxy) is 3. The molecule has 1 aliphatic carbocycles. The Labute approximate surface area is 229 Å². The summed E-state index contributed by atoms with van der Waals surface area (Å²) in [5.41, 5.74) is 2.03. The van der Waals surface area contributed by atoms with Gasteiger partial charge in [-0.15, -0.1) is 0 Å². The molecule has 208 valence electrons. The van der Waals surface area contributed by atoms with Crippen LogP contribution in [0.1, 0.15) is 35.9 Å². The number of benzene rings is 3. The number of carbonyl (C=O) groups is 2. The molecule has 40 heavy (non-hydrogen) atoms. The van der Waals surface area contributed by atoms with E-state index in [4.69, 9.17) is 14.2 Å². The van der Waals surface area contributed by atoms with Crippen molar-refractivity contribution in [1.82, 2.24) is 0 Å². The first-order valence-corrected chi connectivity index (χ1v) is 12.5. The second-order valence-corrected chi connectivity index (χ2v) is 9.53. The molecule has 2 atom stereocenters. The van der Waals surface area contributed by atoms with Crippen LogP contribution < -0.4 is 24.4 Å². The molecule has 0 unspecified atom stereocenters. The lowest BCUT2D eigenvalue weighted by Gasteiger charge is -2.35. The van der Waals surface area contributed by atoms with Crippen molar-refractivity contribution in [3.05, 3.63) is 89.1 Å². The minimum Gasteiger partial charge on any atom is -0.497 e. The average molecular weight is 553 g/mol. The van der Waals surface area contributed by atoms with Crippen LogP contribution in [0.2, 0.25) is 0 Å².